The Morgan fingerprint density at radius 2 is 1.91 bits per heavy atom. The normalized spacial score (nSPS) is 12.3. The molecule has 0 radical (unpaired) electrons. The second-order valence-electron chi connectivity index (χ2n) is 7.58. The molecule has 0 saturated carbocycles. The Labute approximate surface area is 189 Å². The third-order valence-corrected chi connectivity index (χ3v) is 5.47. The molecule has 3 aromatic heterocycles. The van der Waals surface area contributed by atoms with Gasteiger partial charge in [-0.05, 0) is 32.4 Å². The van der Waals surface area contributed by atoms with E-state index in [2.05, 4.69) is 19.9 Å². The number of aromatic nitrogens is 5. The van der Waals surface area contributed by atoms with E-state index in [0.29, 0.717) is 38.7 Å². The molecular weight excluding hydrogens is 430 g/mol. The van der Waals surface area contributed by atoms with Crippen LogP contribution in [0.1, 0.15) is 17.9 Å². The summed E-state index contributed by atoms with van der Waals surface area (Å²) < 4.78 is 1.49. The lowest BCUT2D eigenvalue weighted by Crippen LogP contribution is -2.26. The van der Waals surface area contributed by atoms with Gasteiger partial charge in [-0.15, -0.1) is 0 Å². The molecule has 0 saturated heterocycles. The van der Waals surface area contributed by atoms with Crippen LogP contribution in [0.15, 0.2) is 47.7 Å². The average molecular weight is 452 g/mol. The van der Waals surface area contributed by atoms with Crippen LogP contribution in [0.2, 0.25) is 5.02 Å². The predicted octanol–water partition coefficient (Wildman–Crippen LogP) is 2.93. The molecule has 0 unspecified atom stereocenters. The summed E-state index contributed by atoms with van der Waals surface area (Å²) in [5.74, 6) is 0.530. The lowest BCUT2D eigenvalue weighted by atomic mass is 10.0. The van der Waals surface area contributed by atoms with Crippen molar-refractivity contribution in [1.29, 1.82) is 0 Å². The van der Waals surface area contributed by atoms with Crippen LogP contribution >= 0.6 is 11.6 Å². The summed E-state index contributed by atoms with van der Waals surface area (Å²) in [6.45, 7) is 3.42. The van der Waals surface area contributed by atoms with E-state index in [-0.39, 0.29) is 25.1 Å². The quantitative estimate of drug-likeness (QED) is 0.463. The smallest absolute Gasteiger partial charge is 0.260 e. The Kier molecular flexibility index (Phi) is 6.27. The number of hydrogen-bond donors (Lipinski definition) is 2. The number of fused-ring (bicyclic) bond motifs is 1. The minimum Gasteiger partial charge on any atom is -0.394 e. The van der Waals surface area contributed by atoms with Crippen LogP contribution in [-0.2, 0) is 6.54 Å². The Hall–Kier alpha value is -3.20. The van der Waals surface area contributed by atoms with Crippen LogP contribution in [-0.4, -0.2) is 47.4 Å². The van der Waals surface area contributed by atoms with Crippen molar-refractivity contribution in [3.63, 3.8) is 0 Å². The highest BCUT2D eigenvalue weighted by Crippen LogP contribution is 2.31. The van der Waals surface area contributed by atoms with Crippen LogP contribution in [0, 0.1) is 13.8 Å². The van der Waals surface area contributed by atoms with E-state index in [1.54, 1.807) is 43.7 Å². The number of benzene rings is 1. The van der Waals surface area contributed by atoms with Gasteiger partial charge < -0.3 is 10.2 Å². The topological polar surface area (TPSA) is 114 Å². The van der Waals surface area contributed by atoms with Gasteiger partial charge in [0.1, 0.15) is 11.5 Å². The molecule has 1 atom stereocenters. The largest absolute Gasteiger partial charge is 0.394 e. The van der Waals surface area contributed by atoms with Gasteiger partial charge in [-0.1, -0.05) is 23.7 Å². The lowest BCUT2D eigenvalue weighted by molar-refractivity contribution is 0.0847. The van der Waals surface area contributed by atoms with E-state index in [9.17, 15) is 9.90 Å². The zero-order valence-electron chi connectivity index (χ0n) is 17.7. The molecule has 32 heavy (non-hydrogen) atoms. The molecule has 0 aliphatic rings. The molecule has 0 aliphatic carbocycles. The summed E-state index contributed by atoms with van der Waals surface area (Å²) in [6.07, 6.45) is 4.27. The molecule has 2 N–H and O–H groups in total. The number of rotatable bonds is 6. The van der Waals surface area contributed by atoms with Crippen molar-refractivity contribution in [2.24, 2.45) is 0 Å². The monoisotopic (exact) mass is 451 g/mol. The summed E-state index contributed by atoms with van der Waals surface area (Å²) in [4.78, 5) is 30.7. The first-order valence-electron chi connectivity index (χ1n) is 10.1. The molecule has 0 fully saturated rings. The van der Waals surface area contributed by atoms with Gasteiger partial charge in [0.25, 0.3) is 5.56 Å². The van der Waals surface area contributed by atoms with Gasteiger partial charge in [0.2, 0.25) is 0 Å². The molecule has 0 bridgehead atoms. The number of pyridine rings is 1. The molecule has 0 spiro atoms. The molecule has 8 nitrogen and oxygen atoms in total. The van der Waals surface area contributed by atoms with Crippen LogP contribution in [0.25, 0.3) is 33.4 Å². The van der Waals surface area contributed by atoms with Crippen LogP contribution in [0.4, 0.5) is 0 Å². The molecule has 1 aromatic carbocycles. The standard InChI is InChI=1S/C23H22ClN5O3/c1-13-9-25-11-21(27-13)15-3-4-18(20(24)8-15)19-7-16-10-26-14(2)28-22(16)29(23(19)32)6-5-17(31)12-30/h3-4,7-11,17,30-31H,5-6,12H2,1-2H3/t17-/m0/s1. The molecule has 0 amide bonds. The fourth-order valence-corrected chi connectivity index (χ4v) is 3.79. The maximum atomic E-state index is 13.4. The maximum absolute atomic E-state index is 13.4. The highest BCUT2D eigenvalue weighted by molar-refractivity contribution is 6.33. The average Bonchev–Trinajstić information content (AvgIpc) is 2.78. The summed E-state index contributed by atoms with van der Waals surface area (Å²) in [5.41, 5.74) is 3.43. The second kappa shape index (κ2) is 9.12. The molecular formula is C23H22ClN5O3. The van der Waals surface area contributed by atoms with E-state index >= 15 is 0 Å². The highest BCUT2D eigenvalue weighted by atomic mass is 35.5. The Bertz CT molecular complexity index is 1360. The zero-order chi connectivity index (χ0) is 22.8. The van der Waals surface area contributed by atoms with Gasteiger partial charge in [-0.25, -0.2) is 15.0 Å². The van der Waals surface area contributed by atoms with Crippen LogP contribution < -0.4 is 5.56 Å². The van der Waals surface area contributed by atoms with Crippen LogP contribution in [0.3, 0.4) is 0 Å². The zero-order valence-corrected chi connectivity index (χ0v) is 18.4. The maximum Gasteiger partial charge on any atom is 0.260 e. The Balaban J connectivity index is 1.84. The minimum absolute atomic E-state index is 0.190. The van der Waals surface area contributed by atoms with Gasteiger partial charge in [0, 0.05) is 46.0 Å². The van der Waals surface area contributed by atoms with Gasteiger partial charge in [-0.2, -0.15) is 0 Å². The summed E-state index contributed by atoms with van der Waals surface area (Å²) >= 11 is 6.60. The van der Waals surface area contributed by atoms with Crippen LogP contribution in [0.5, 0.6) is 0 Å². The van der Waals surface area contributed by atoms with Gasteiger partial charge in [-0.3, -0.25) is 14.3 Å². The number of aryl methyl sites for hydroxylation is 3. The number of hydrogen-bond acceptors (Lipinski definition) is 7. The lowest BCUT2D eigenvalue weighted by Gasteiger charge is -2.15. The van der Waals surface area contributed by atoms with Crippen molar-refractivity contribution < 1.29 is 10.2 Å². The summed E-state index contributed by atoms with van der Waals surface area (Å²) in [7, 11) is 0. The van der Waals surface area contributed by atoms with Gasteiger partial charge >= 0.3 is 0 Å². The van der Waals surface area contributed by atoms with E-state index in [1.165, 1.54) is 4.57 Å². The number of aliphatic hydroxyl groups excluding tert-OH is 2. The summed E-state index contributed by atoms with van der Waals surface area (Å²) in [6, 6.07) is 7.12. The van der Waals surface area contributed by atoms with Crippen molar-refractivity contribution in [1.82, 2.24) is 24.5 Å². The molecule has 0 aliphatic heterocycles. The predicted molar refractivity (Wildman–Crippen MR) is 122 cm³/mol. The van der Waals surface area contributed by atoms with E-state index in [0.717, 1.165) is 11.3 Å². The third kappa shape index (κ3) is 4.38. The number of nitrogens with zero attached hydrogens (tertiary/aromatic N) is 5. The van der Waals surface area contributed by atoms with E-state index < -0.39 is 6.10 Å². The third-order valence-electron chi connectivity index (χ3n) is 5.15. The molecule has 164 valence electrons. The molecule has 3 heterocycles. The van der Waals surface area contributed by atoms with E-state index in [4.69, 9.17) is 16.7 Å². The van der Waals surface area contributed by atoms with Crippen molar-refractivity contribution in [3.05, 3.63) is 69.8 Å². The fraction of sp³-hybridized carbons (Fsp3) is 0.261. The molecule has 9 heteroatoms. The van der Waals surface area contributed by atoms with Crippen molar-refractivity contribution in [2.45, 2.75) is 32.9 Å². The van der Waals surface area contributed by atoms with Crippen molar-refractivity contribution in [3.8, 4) is 22.4 Å². The fourth-order valence-electron chi connectivity index (χ4n) is 3.51. The Morgan fingerprint density at radius 3 is 2.62 bits per heavy atom. The van der Waals surface area contributed by atoms with Crippen molar-refractivity contribution >= 4 is 22.6 Å². The van der Waals surface area contributed by atoms with Crippen molar-refractivity contribution in [2.75, 3.05) is 6.61 Å². The van der Waals surface area contributed by atoms with Gasteiger partial charge in [0.05, 0.1) is 30.3 Å². The van der Waals surface area contributed by atoms with E-state index in [1.807, 2.05) is 13.0 Å². The first-order chi connectivity index (χ1) is 15.4. The first kappa shape index (κ1) is 22.0. The molecule has 4 rings (SSSR count). The highest BCUT2D eigenvalue weighted by Gasteiger charge is 2.17. The number of halogens is 1. The second-order valence-corrected chi connectivity index (χ2v) is 7.98. The summed E-state index contributed by atoms with van der Waals surface area (Å²) in [5, 5.41) is 20.0. The number of aliphatic hydroxyl groups is 2. The minimum atomic E-state index is -0.929. The Morgan fingerprint density at radius 1 is 1.09 bits per heavy atom. The molecule has 4 aromatic rings. The first-order valence-corrected chi connectivity index (χ1v) is 10.5. The van der Waals surface area contributed by atoms with Gasteiger partial charge in [0.15, 0.2) is 0 Å². The SMILES string of the molecule is Cc1cncc(-c2ccc(-c3cc4cnc(C)nc4n(CC[C@H](O)CO)c3=O)c(Cl)c2)n1.